The zero-order valence-corrected chi connectivity index (χ0v) is 15.1. The Hall–Kier alpha value is -2.47. The summed E-state index contributed by atoms with van der Waals surface area (Å²) in [5.74, 6) is -0.0906. The highest BCUT2D eigenvalue weighted by Gasteiger charge is 2.25. The topological polar surface area (TPSA) is 72.4 Å². The molecule has 2 aromatic rings. The third kappa shape index (κ3) is 5.02. The maximum absolute atomic E-state index is 12.5. The van der Waals surface area contributed by atoms with Gasteiger partial charge in [0.25, 0.3) is 0 Å². The van der Waals surface area contributed by atoms with E-state index in [0.717, 1.165) is 12.8 Å². The highest BCUT2D eigenvalue weighted by atomic mass is 35.5. The molecule has 6 nitrogen and oxygen atoms in total. The molecule has 1 saturated heterocycles. The van der Waals surface area contributed by atoms with Crippen molar-refractivity contribution in [3.8, 4) is 6.01 Å². The van der Waals surface area contributed by atoms with Crippen LogP contribution < -0.4 is 4.74 Å². The van der Waals surface area contributed by atoms with E-state index < -0.39 is 0 Å². The van der Waals surface area contributed by atoms with Crippen LogP contribution in [0.4, 0.5) is 0 Å². The largest absolute Gasteiger partial charge is 0.458 e. The Morgan fingerprint density at radius 3 is 2.62 bits per heavy atom. The van der Waals surface area contributed by atoms with Crippen molar-refractivity contribution in [3.63, 3.8) is 0 Å². The second kappa shape index (κ2) is 8.76. The van der Waals surface area contributed by atoms with Gasteiger partial charge in [-0.3, -0.25) is 9.59 Å². The lowest BCUT2D eigenvalue weighted by Crippen LogP contribution is -2.44. The second-order valence-corrected chi connectivity index (χ2v) is 6.62. The number of halogens is 1. The second-order valence-electron chi connectivity index (χ2n) is 6.18. The first-order chi connectivity index (χ1) is 12.6. The van der Waals surface area contributed by atoms with Crippen molar-refractivity contribution in [1.82, 2.24) is 14.9 Å². The van der Waals surface area contributed by atoms with Crippen LogP contribution in [-0.2, 0) is 4.79 Å². The minimum Gasteiger partial charge on any atom is -0.458 e. The summed E-state index contributed by atoms with van der Waals surface area (Å²) in [6, 6.07) is 8.76. The number of aromatic nitrogens is 2. The van der Waals surface area contributed by atoms with Crippen LogP contribution in [0.3, 0.4) is 0 Å². The molecule has 0 radical (unpaired) electrons. The first-order valence-electron chi connectivity index (χ1n) is 8.62. The Labute approximate surface area is 157 Å². The molecule has 1 aliphatic heterocycles. The molecule has 3 rings (SSSR count). The molecule has 0 saturated carbocycles. The van der Waals surface area contributed by atoms with E-state index in [9.17, 15) is 9.59 Å². The van der Waals surface area contributed by atoms with Gasteiger partial charge in [0.05, 0.1) is 6.54 Å². The number of hydrogen-bond acceptors (Lipinski definition) is 5. The predicted octanol–water partition coefficient (Wildman–Crippen LogP) is 3.16. The fourth-order valence-electron chi connectivity index (χ4n) is 2.91. The number of carbonyl (C=O) groups is 2. The monoisotopic (exact) mass is 373 g/mol. The van der Waals surface area contributed by atoms with Gasteiger partial charge in [0.15, 0.2) is 5.78 Å². The van der Waals surface area contributed by atoms with Crippen molar-refractivity contribution in [2.45, 2.75) is 31.8 Å². The Balaban J connectivity index is 1.49. The molecule has 1 atom stereocenters. The lowest BCUT2D eigenvalue weighted by atomic mass is 10.0. The molecule has 1 unspecified atom stereocenters. The van der Waals surface area contributed by atoms with Gasteiger partial charge in [-0.1, -0.05) is 11.6 Å². The van der Waals surface area contributed by atoms with Crippen LogP contribution in [0.2, 0.25) is 5.02 Å². The third-order valence-electron chi connectivity index (χ3n) is 4.28. The van der Waals surface area contributed by atoms with E-state index in [1.807, 2.05) is 0 Å². The predicted molar refractivity (Wildman–Crippen MR) is 97.3 cm³/mol. The number of nitrogens with zero attached hydrogens (tertiary/aromatic N) is 3. The van der Waals surface area contributed by atoms with Crippen LogP contribution in [-0.4, -0.2) is 45.8 Å². The minimum atomic E-state index is -0.123. The Kier molecular flexibility index (Phi) is 6.17. The van der Waals surface area contributed by atoms with E-state index in [0.29, 0.717) is 29.7 Å². The molecule has 0 N–H and O–H groups in total. The summed E-state index contributed by atoms with van der Waals surface area (Å²) in [4.78, 5) is 34.5. The van der Waals surface area contributed by atoms with Crippen LogP contribution in [0, 0.1) is 0 Å². The average molecular weight is 374 g/mol. The molecule has 136 valence electrons. The standard InChI is InChI=1S/C19H20ClN3O3/c20-15-6-4-14(5-7-15)17(24)8-9-18(25)23-12-1-3-16(13-23)26-19-21-10-2-11-22-19/h2,4-7,10-11,16H,1,3,8-9,12-13H2. The maximum Gasteiger partial charge on any atom is 0.316 e. The van der Waals surface area contributed by atoms with E-state index in [1.165, 1.54) is 0 Å². The highest BCUT2D eigenvalue weighted by molar-refractivity contribution is 6.30. The van der Waals surface area contributed by atoms with Crippen molar-refractivity contribution in [3.05, 3.63) is 53.3 Å². The summed E-state index contributed by atoms with van der Waals surface area (Å²) < 4.78 is 5.75. The molecule has 0 spiro atoms. The molecular formula is C19H20ClN3O3. The lowest BCUT2D eigenvalue weighted by molar-refractivity contribution is -0.133. The number of amides is 1. The number of carbonyl (C=O) groups excluding carboxylic acids is 2. The molecule has 0 aliphatic carbocycles. The molecule has 26 heavy (non-hydrogen) atoms. The molecule has 1 fully saturated rings. The van der Waals surface area contributed by atoms with Gasteiger partial charge in [0.2, 0.25) is 5.91 Å². The first kappa shape index (κ1) is 18.3. The van der Waals surface area contributed by atoms with Crippen LogP contribution in [0.25, 0.3) is 0 Å². The fraction of sp³-hybridized carbons (Fsp3) is 0.368. The van der Waals surface area contributed by atoms with Gasteiger partial charge in [-0.25, -0.2) is 9.97 Å². The summed E-state index contributed by atoms with van der Waals surface area (Å²) in [6.07, 6.45) is 5.20. The quantitative estimate of drug-likeness (QED) is 0.727. The van der Waals surface area contributed by atoms with Crippen molar-refractivity contribution in [1.29, 1.82) is 0 Å². The van der Waals surface area contributed by atoms with Gasteiger partial charge in [-0.2, -0.15) is 0 Å². The number of likely N-dealkylation sites (tertiary alicyclic amines) is 1. The van der Waals surface area contributed by atoms with Gasteiger partial charge in [0.1, 0.15) is 6.10 Å². The summed E-state index contributed by atoms with van der Waals surface area (Å²) in [5.41, 5.74) is 0.572. The summed E-state index contributed by atoms with van der Waals surface area (Å²) >= 11 is 5.82. The van der Waals surface area contributed by atoms with Crippen molar-refractivity contribution < 1.29 is 14.3 Å². The van der Waals surface area contributed by atoms with E-state index in [4.69, 9.17) is 16.3 Å². The SMILES string of the molecule is O=C(CCC(=O)N1CCCC(Oc2ncccn2)C1)c1ccc(Cl)cc1. The number of Topliss-reactive ketones (excluding diaryl/α,β-unsaturated/α-hetero) is 1. The molecule has 1 amide bonds. The summed E-state index contributed by atoms with van der Waals surface area (Å²) in [7, 11) is 0. The van der Waals surface area contributed by atoms with E-state index >= 15 is 0 Å². The van der Waals surface area contributed by atoms with Gasteiger partial charge >= 0.3 is 6.01 Å². The first-order valence-corrected chi connectivity index (χ1v) is 9.00. The Morgan fingerprint density at radius 2 is 1.88 bits per heavy atom. The smallest absolute Gasteiger partial charge is 0.316 e. The van der Waals surface area contributed by atoms with Crippen LogP contribution in [0.5, 0.6) is 6.01 Å². The zero-order valence-electron chi connectivity index (χ0n) is 14.3. The van der Waals surface area contributed by atoms with Crippen LogP contribution in [0.1, 0.15) is 36.0 Å². The number of ketones is 1. The summed E-state index contributed by atoms with van der Waals surface area (Å²) in [5, 5.41) is 0.583. The fourth-order valence-corrected chi connectivity index (χ4v) is 3.04. The third-order valence-corrected chi connectivity index (χ3v) is 4.53. The number of rotatable bonds is 6. The molecule has 7 heteroatoms. The van der Waals surface area contributed by atoms with Crippen LogP contribution >= 0.6 is 11.6 Å². The number of piperidine rings is 1. The number of benzene rings is 1. The molecule has 1 aliphatic rings. The molecule has 2 heterocycles. The van der Waals surface area contributed by atoms with Crippen molar-refractivity contribution in [2.75, 3.05) is 13.1 Å². The van der Waals surface area contributed by atoms with Gasteiger partial charge in [-0.05, 0) is 43.2 Å². The van der Waals surface area contributed by atoms with E-state index in [2.05, 4.69) is 9.97 Å². The van der Waals surface area contributed by atoms with Gasteiger partial charge in [0, 0.05) is 42.4 Å². The Bertz CT molecular complexity index is 752. The lowest BCUT2D eigenvalue weighted by Gasteiger charge is -2.32. The normalized spacial score (nSPS) is 17.0. The molecule has 1 aromatic carbocycles. The molecule has 1 aromatic heterocycles. The zero-order chi connectivity index (χ0) is 18.4. The van der Waals surface area contributed by atoms with Crippen molar-refractivity contribution in [2.24, 2.45) is 0 Å². The number of hydrogen-bond donors (Lipinski definition) is 0. The minimum absolute atomic E-state index is 0.0328. The van der Waals surface area contributed by atoms with Crippen molar-refractivity contribution >= 4 is 23.3 Å². The van der Waals surface area contributed by atoms with E-state index in [-0.39, 0.29) is 30.6 Å². The maximum atomic E-state index is 12.5. The Morgan fingerprint density at radius 1 is 1.15 bits per heavy atom. The molecule has 0 bridgehead atoms. The van der Waals surface area contributed by atoms with Crippen LogP contribution in [0.15, 0.2) is 42.7 Å². The number of ether oxygens (including phenoxy) is 1. The van der Waals surface area contributed by atoms with Gasteiger partial charge in [-0.15, -0.1) is 0 Å². The molecular weight excluding hydrogens is 354 g/mol. The van der Waals surface area contributed by atoms with Gasteiger partial charge < -0.3 is 9.64 Å². The summed E-state index contributed by atoms with van der Waals surface area (Å²) in [6.45, 7) is 1.18. The van der Waals surface area contributed by atoms with E-state index in [1.54, 1.807) is 47.6 Å². The highest BCUT2D eigenvalue weighted by Crippen LogP contribution is 2.17. The average Bonchev–Trinajstić information content (AvgIpc) is 2.67.